The van der Waals surface area contributed by atoms with E-state index in [1.807, 2.05) is 30.3 Å². The van der Waals surface area contributed by atoms with Crippen LogP contribution in [0.5, 0.6) is 11.6 Å². The lowest BCUT2D eigenvalue weighted by Gasteiger charge is -2.28. The smallest absolute Gasteiger partial charge is 0.295 e. The zero-order chi connectivity index (χ0) is 24.1. The molecular weight excluding hydrogens is 438 g/mol. The zero-order valence-electron chi connectivity index (χ0n) is 18.8. The number of hydrogen-bond donors (Lipinski definition) is 2. The molecule has 34 heavy (non-hydrogen) atoms. The number of ketones is 1. The minimum Gasteiger partial charge on any atom is -0.494 e. The van der Waals surface area contributed by atoms with Crippen molar-refractivity contribution in [2.24, 2.45) is 0 Å². The lowest BCUT2D eigenvalue weighted by Crippen LogP contribution is -2.40. The largest absolute Gasteiger partial charge is 0.494 e. The van der Waals surface area contributed by atoms with Crippen LogP contribution in [-0.4, -0.2) is 59.1 Å². The van der Waals surface area contributed by atoms with Gasteiger partial charge in [-0.3, -0.25) is 14.5 Å². The highest BCUT2D eigenvalue weighted by Gasteiger charge is 2.30. The lowest BCUT2D eigenvalue weighted by atomic mass is 9.93. The van der Waals surface area contributed by atoms with Crippen molar-refractivity contribution in [3.05, 3.63) is 59.4 Å². The highest BCUT2D eigenvalue weighted by molar-refractivity contribution is 6.45. The van der Waals surface area contributed by atoms with E-state index in [4.69, 9.17) is 14.7 Å². The second-order valence-corrected chi connectivity index (χ2v) is 7.57. The summed E-state index contributed by atoms with van der Waals surface area (Å²) >= 11 is 0. The van der Waals surface area contributed by atoms with Gasteiger partial charge in [0.25, 0.3) is 11.7 Å². The first-order valence-corrected chi connectivity index (χ1v) is 10.6. The fourth-order valence-electron chi connectivity index (χ4n) is 4.11. The number of pyridine rings is 1. The summed E-state index contributed by atoms with van der Waals surface area (Å²) in [6.45, 7) is 0.727. The number of piperidine rings is 1. The molecule has 1 aliphatic heterocycles. The van der Waals surface area contributed by atoms with Crippen molar-refractivity contribution in [3.63, 3.8) is 0 Å². The van der Waals surface area contributed by atoms with E-state index in [0.717, 1.165) is 16.7 Å². The minimum absolute atomic E-state index is 0.204. The van der Waals surface area contributed by atoms with Gasteiger partial charge in [0.2, 0.25) is 5.88 Å². The second-order valence-electron chi connectivity index (χ2n) is 7.57. The Morgan fingerprint density at radius 3 is 2.50 bits per heavy atom. The number of ether oxygens (including phenoxy) is 2. The van der Waals surface area contributed by atoms with Crippen LogP contribution < -0.4 is 9.47 Å². The number of H-pyrrole nitrogens is 1. The Morgan fingerprint density at radius 2 is 1.85 bits per heavy atom. The molecule has 0 unspecified atom stereocenters. The molecule has 2 N–H and O–H groups in total. The molecule has 2 aromatic heterocycles. The second kappa shape index (κ2) is 10.1. The van der Waals surface area contributed by atoms with Crippen LogP contribution in [0, 0.1) is 12.0 Å². The number of aromatic nitrogens is 2. The number of Topliss-reactive ketones (excluding diaryl/α,β-unsaturated/α-hetero) is 1. The van der Waals surface area contributed by atoms with Crippen molar-refractivity contribution < 1.29 is 29.2 Å². The molecule has 3 heterocycles. The van der Waals surface area contributed by atoms with E-state index >= 15 is 0 Å². The van der Waals surface area contributed by atoms with E-state index in [1.165, 1.54) is 31.5 Å². The molecule has 9 nitrogen and oxygen atoms in total. The summed E-state index contributed by atoms with van der Waals surface area (Å²) in [5.41, 5.74) is 3.35. The van der Waals surface area contributed by atoms with Crippen LogP contribution >= 0.6 is 0 Å². The molecule has 0 radical (unpaired) electrons. The monoisotopic (exact) mass is 461 g/mol. The lowest BCUT2D eigenvalue weighted by molar-refractivity contribution is -0.171. The number of nitrogens with zero attached hydrogens (tertiary/aromatic N) is 2. The zero-order valence-corrected chi connectivity index (χ0v) is 18.8. The van der Waals surface area contributed by atoms with E-state index in [2.05, 4.69) is 26.9 Å². The van der Waals surface area contributed by atoms with E-state index < -0.39 is 11.7 Å². The Hall–Kier alpha value is -4.29. The number of benzene rings is 1. The van der Waals surface area contributed by atoms with Crippen LogP contribution in [-0.2, 0) is 9.68 Å². The van der Waals surface area contributed by atoms with Crippen molar-refractivity contribution >= 4 is 28.2 Å². The number of allylic oxidation sites excluding steroid dienone is 1. The number of nitrogens with one attached hydrogen (secondary N) is 1. The molecule has 0 saturated carbocycles. The van der Waals surface area contributed by atoms with Gasteiger partial charge >= 0.3 is 0 Å². The van der Waals surface area contributed by atoms with Gasteiger partial charge in [0, 0.05) is 24.9 Å². The number of rotatable bonds is 5. The van der Waals surface area contributed by atoms with Gasteiger partial charge in [-0.15, -0.1) is 0 Å². The molecule has 9 heteroatoms. The number of likely N-dealkylation sites (tertiary alicyclic amines) is 1. The van der Waals surface area contributed by atoms with Crippen molar-refractivity contribution in [2.45, 2.75) is 12.8 Å². The fourth-order valence-corrected chi connectivity index (χ4v) is 4.11. The summed E-state index contributed by atoms with van der Waals surface area (Å²) in [5.74, 6) is 2.28. The number of aromatic amines is 1. The molecule has 0 spiro atoms. The van der Waals surface area contributed by atoms with E-state index in [0.29, 0.717) is 48.5 Å². The summed E-state index contributed by atoms with van der Waals surface area (Å²) in [7, 11) is 2.95. The molecule has 174 valence electrons. The Bertz CT molecular complexity index is 1310. The third-order valence-electron chi connectivity index (χ3n) is 5.78. The van der Waals surface area contributed by atoms with Gasteiger partial charge in [0.15, 0.2) is 6.11 Å². The highest BCUT2D eigenvalue weighted by atomic mass is 17.1. The molecule has 0 aliphatic carbocycles. The number of fused-ring (bicyclic) bond motifs is 1. The topological polar surface area (TPSA) is 114 Å². The predicted octanol–water partition coefficient (Wildman–Crippen LogP) is 3.29. The van der Waals surface area contributed by atoms with E-state index in [-0.39, 0.29) is 5.56 Å². The van der Waals surface area contributed by atoms with Crippen LogP contribution in [0.25, 0.3) is 16.5 Å². The Morgan fingerprint density at radius 1 is 1.12 bits per heavy atom. The summed E-state index contributed by atoms with van der Waals surface area (Å²) in [5, 5.41) is 9.12. The van der Waals surface area contributed by atoms with Crippen molar-refractivity contribution in [1.82, 2.24) is 14.9 Å². The van der Waals surface area contributed by atoms with Gasteiger partial charge in [-0.05, 0) is 24.3 Å². The number of hydrogen-bond acceptors (Lipinski definition) is 7. The van der Waals surface area contributed by atoms with Crippen LogP contribution in [0.1, 0.15) is 28.8 Å². The fraction of sp³-hybridized carbons (Fsp3) is 0.240. The molecule has 1 fully saturated rings. The first-order valence-electron chi connectivity index (χ1n) is 10.6. The predicted molar refractivity (Wildman–Crippen MR) is 124 cm³/mol. The van der Waals surface area contributed by atoms with Crippen LogP contribution in [0.2, 0.25) is 0 Å². The quantitative estimate of drug-likeness (QED) is 0.197. The third-order valence-corrected chi connectivity index (χ3v) is 5.78. The summed E-state index contributed by atoms with van der Waals surface area (Å²) in [4.78, 5) is 38.9. The molecule has 1 aliphatic rings. The Labute approximate surface area is 195 Å². The Balaban J connectivity index is 1.57. The molecule has 1 amide bonds. The van der Waals surface area contributed by atoms with Crippen LogP contribution in [0.4, 0.5) is 0 Å². The molecule has 0 atom stereocenters. The van der Waals surface area contributed by atoms with Gasteiger partial charge in [-0.2, -0.15) is 5.26 Å². The first-order chi connectivity index (χ1) is 16.6. The normalized spacial score (nSPS) is 13.1. The van der Waals surface area contributed by atoms with Gasteiger partial charge in [0.1, 0.15) is 11.3 Å². The molecule has 1 aromatic carbocycles. The maximum absolute atomic E-state index is 13.2. The first kappa shape index (κ1) is 22.9. The average Bonchev–Trinajstić information content (AvgIpc) is 3.34. The summed E-state index contributed by atoms with van der Waals surface area (Å²) < 4.78 is 10.6. The Kier molecular flexibility index (Phi) is 6.80. The minimum atomic E-state index is -0.637. The van der Waals surface area contributed by atoms with Gasteiger partial charge in [-0.1, -0.05) is 35.9 Å². The maximum atomic E-state index is 13.2. The van der Waals surface area contributed by atoms with Crippen molar-refractivity contribution in [1.29, 1.82) is 0 Å². The SMILES string of the molecule is COc1ncc(OC)c2c(C(=O)C(=O)N3CCC(=C(C#COO)c4ccccc4)CC3)c[nH]c12. The van der Waals surface area contributed by atoms with Gasteiger partial charge < -0.3 is 19.4 Å². The van der Waals surface area contributed by atoms with Crippen LogP contribution in [0.3, 0.4) is 0 Å². The summed E-state index contributed by atoms with van der Waals surface area (Å²) in [6, 6.07) is 9.54. The highest BCUT2D eigenvalue weighted by Crippen LogP contribution is 2.34. The number of methoxy groups -OCH3 is 2. The number of carbonyl (C=O) groups is 2. The van der Waals surface area contributed by atoms with Crippen LogP contribution in [0.15, 0.2) is 48.3 Å². The standard InChI is InChI=1S/C25H23N3O6/c1-32-20-15-27-24(33-2)22-21(20)19(14-26-22)23(29)25(30)28-11-8-17(9-12-28)18(10-13-34-31)16-6-4-3-5-7-16/h3-7,14-15,26,31H,8-9,11-12H2,1-2H3. The van der Waals surface area contributed by atoms with E-state index in [9.17, 15) is 9.59 Å². The number of amides is 1. The third kappa shape index (κ3) is 4.31. The van der Waals surface area contributed by atoms with Gasteiger partial charge in [-0.25, -0.2) is 4.98 Å². The van der Waals surface area contributed by atoms with E-state index in [1.54, 1.807) is 0 Å². The molecular formula is C25H23N3O6. The van der Waals surface area contributed by atoms with Gasteiger partial charge in [0.05, 0.1) is 31.4 Å². The molecule has 3 aromatic rings. The van der Waals surface area contributed by atoms with Crippen molar-refractivity contribution in [2.75, 3.05) is 27.3 Å². The van der Waals surface area contributed by atoms with Crippen molar-refractivity contribution in [3.8, 4) is 23.7 Å². The number of carbonyl (C=O) groups excluding carboxylic acids is 2. The molecule has 1 saturated heterocycles. The average molecular weight is 461 g/mol. The maximum Gasteiger partial charge on any atom is 0.295 e. The molecule has 4 rings (SSSR count). The summed E-state index contributed by atoms with van der Waals surface area (Å²) in [6.07, 6.45) is 6.25. The molecule has 0 bridgehead atoms.